The Morgan fingerprint density at radius 3 is 2.37 bits per heavy atom. The van der Waals surface area contributed by atoms with E-state index in [0.717, 1.165) is 6.20 Å². The summed E-state index contributed by atoms with van der Waals surface area (Å²) in [4.78, 5) is 29.1. The Balaban J connectivity index is 1.49. The first-order chi connectivity index (χ1) is 16.5. The normalized spacial score (nSPS) is 18.4. The van der Waals surface area contributed by atoms with Gasteiger partial charge in [-0.1, -0.05) is 35.9 Å². The molecule has 4 nitrogen and oxygen atoms in total. The Morgan fingerprint density at radius 1 is 1.06 bits per heavy atom. The molecular formula is C24H15Cl3F4N2O2. The van der Waals surface area contributed by atoms with E-state index in [1.165, 1.54) is 42.5 Å². The highest BCUT2D eigenvalue weighted by molar-refractivity contribution is 6.53. The highest BCUT2D eigenvalue weighted by Gasteiger charge is 2.67. The van der Waals surface area contributed by atoms with Crippen LogP contribution in [0.2, 0.25) is 5.02 Å². The van der Waals surface area contributed by atoms with Crippen LogP contribution in [0.1, 0.15) is 39.5 Å². The van der Waals surface area contributed by atoms with E-state index in [2.05, 4.69) is 10.3 Å². The average molecular weight is 546 g/mol. The van der Waals surface area contributed by atoms with Crippen LogP contribution in [0.5, 0.6) is 0 Å². The number of halogens is 7. The molecule has 1 saturated carbocycles. The Labute approximate surface area is 212 Å². The molecule has 0 bridgehead atoms. The Morgan fingerprint density at radius 2 is 1.74 bits per heavy atom. The lowest BCUT2D eigenvalue weighted by Crippen LogP contribution is -2.17. The van der Waals surface area contributed by atoms with E-state index in [1.807, 2.05) is 0 Å². The van der Waals surface area contributed by atoms with E-state index < -0.39 is 52.3 Å². The number of anilines is 1. The van der Waals surface area contributed by atoms with Crippen LogP contribution < -0.4 is 5.32 Å². The van der Waals surface area contributed by atoms with Gasteiger partial charge in [0.25, 0.3) is 6.43 Å². The monoisotopic (exact) mass is 544 g/mol. The summed E-state index contributed by atoms with van der Waals surface area (Å²) in [5, 5.41) is 2.67. The molecule has 11 heteroatoms. The number of Topliss-reactive ketones (excluding diaryl/α,β-unsaturated/α-hetero) is 1. The minimum Gasteiger partial charge on any atom is -0.326 e. The second kappa shape index (κ2) is 9.76. The maximum atomic E-state index is 13.9. The summed E-state index contributed by atoms with van der Waals surface area (Å²) in [6, 6.07) is 10.1. The minimum absolute atomic E-state index is 0.00654. The molecule has 2 unspecified atom stereocenters. The van der Waals surface area contributed by atoms with Crippen molar-refractivity contribution in [2.45, 2.75) is 23.1 Å². The molecule has 0 radical (unpaired) electrons. The van der Waals surface area contributed by atoms with E-state index >= 15 is 0 Å². The Bertz CT molecular complexity index is 1300. The molecule has 2 aromatic carbocycles. The number of amides is 1. The summed E-state index contributed by atoms with van der Waals surface area (Å²) in [5.74, 6) is -4.50. The first kappa shape index (κ1) is 25.4. The van der Waals surface area contributed by atoms with Crippen LogP contribution in [0.4, 0.5) is 23.2 Å². The topological polar surface area (TPSA) is 59.1 Å². The number of hydrogen-bond donors (Lipinski definition) is 1. The van der Waals surface area contributed by atoms with Crippen molar-refractivity contribution in [1.29, 1.82) is 0 Å². The number of nitrogens with zero attached hydrogens (tertiary/aromatic N) is 1. The van der Waals surface area contributed by atoms with Crippen LogP contribution in [-0.2, 0) is 11.2 Å². The number of benzene rings is 2. The second-order valence-electron chi connectivity index (χ2n) is 7.96. The number of nitrogens with one attached hydrogen (secondary N) is 1. The lowest BCUT2D eigenvalue weighted by molar-refractivity contribution is -0.117. The first-order valence-electron chi connectivity index (χ1n) is 10.2. The molecule has 0 aliphatic heterocycles. The number of rotatable bonds is 7. The fourth-order valence-corrected chi connectivity index (χ4v) is 4.82. The molecule has 182 valence electrons. The van der Waals surface area contributed by atoms with Crippen LogP contribution in [-0.4, -0.2) is 21.0 Å². The van der Waals surface area contributed by atoms with Crippen molar-refractivity contribution in [3.8, 4) is 0 Å². The molecule has 1 aliphatic carbocycles. The third kappa shape index (κ3) is 5.29. The number of carbonyl (C=O) groups is 2. The summed E-state index contributed by atoms with van der Waals surface area (Å²) < 4.78 is 51.1. The predicted molar refractivity (Wildman–Crippen MR) is 124 cm³/mol. The third-order valence-electron chi connectivity index (χ3n) is 5.63. The van der Waals surface area contributed by atoms with Crippen molar-refractivity contribution in [2.24, 2.45) is 5.92 Å². The van der Waals surface area contributed by atoms with Gasteiger partial charge in [-0.15, -0.1) is 23.2 Å². The van der Waals surface area contributed by atoms with Gasteiger partial charge >= 0.3 is 0 Å². The van der Waals surface area contributed by atoms with E-state index in [-0.39, 0.29) is 27.5 Å². The Kier molecular flexibility index (Phi) is 7.09. The van der Waals surface area contributed by atoms with Gasteiger partial charge in [0.15, 0.2) is 5.78 Å². The zero-order chi connectivity index (χ0) is 25.5. The Hall–Kier alpha value is -2.68. The van der Waals surface area contributed by atoms with Crippen molar-refractivity contribution >= 4 is 52.2 Å². The van der Waals surface area contributed by atoms with Crippen molar-refractivity contribution < 1.29 is 27.2 Å². The highest BCUT2D eigenvalue weighted by Crippen LogP contribution is 2.65. The molecular weight excluding hydrogens is 531 g/mol. The maximum absolute atomic E-state index is 13.9. The summed E-state index contributed by atoms with van der Waals surface area (Å²) in [5.41, 5.74) is 0.306. The summed E-state index contributed by atoms with van der Waals surface area (Å²) >= 11 is 18.7. The summed E-state index contributed by atoms with van der Waals surface area (Å²) in [7, 11) is 0. The fraction of sp³-hybridized carbons (Fsp3) is 0.208. The van der Waals surface area contributed by atoms with Crippen LogP contribution >= 0.6 is 34.8 Å². The molecule has 4 rings (SSSR count). The van der Waals surface area contributed by atoms with Crippen LogP contribution in [0.25, 0.3) is 0 Å². The molecule has 3 aromatic rings. The summed E-state index contributed by atoms with van der Waals surface area (Å²) in [6.45, 7) is 0. The van der Waals surface area contributed by atoms with Crippen LogP contribution in [0.15, 0.2) is 54.7 Å². The number of hydrogen-bond acceptors (Lipinski definition) is 3. The lowest BCUT2D eigenvalue weighted by Gasteiger charge is -2.09. The average Bonchev–Trinajstić information content (AvgIpc) is 3.38. The summed E-state index contributed by atoms with van der Waals surface area (Å²) in [6.07, 6.45) is -2.31. The molecule has 0 spiro atoms. The van der Waals surface area contributed by atoms with Crippen molar-refractivity contribution in [3.05, 3.63) is 93.8 Å². The second-order valence-corrected chi connectivity index (χ2v) is 9.81. The van der Waals surface area contributed by atoms with Gasteiger partial charge in [0.1, 0.15) is 16.0 Å². The van der Waals surface area contributed by atoms with E-state index in [1.54, 1.807) is 0 Å². The lowest BCUT2D eigenvalue weighted by atomic mass is 10.0. The number of aromatic nitrogens is 1. The quantitative estimate of drug-likeness (QED) is 0.200. The number of pyridine rings is 1. The number of carbonyl (C=O) groups excluding carboxylic acids is 2. The molecule has 0 saturated heterocycles. The molecule has 1 aromatic heterocycles. The standard InChI is InChI=1S/C24H15Cl3F4N2O2/c25-16-6-5-14(8-15(16)19(34)9-18-17(29)7-13(28)10-32-18)33-23(35)21-20(24(21,26)27)11-1-3-12(4-2-11)22(30)31/h1-8,10,20-22H,9H2,(H,33,35). The molecule has 35 heavy (non-hydrogen) atoms. The van der Waals surface area contributed by atoms with Gasteiger partial charge in [-0.25, -0.2) is 17.6 Å². The predicted octanol–water partition coefficient (Wildman–Crippen LogP) is 6.90. The number of ketones is 1. The van der Waals surface area contributed by atoms with Gasteiger partial charge in [-0.3, -0.25) is 14.6 Å². The van der Waals surface area contributed by atoms with Gasteiger partial charge in [0.05, 0.1) is 29.3 Å². The molecule has 1 heterocycles. The molecule has 1 N–H and O–H groups in total. The molecule has 1 fully saturated rings. The molecule has 2 atom stereocenters. The minimum atomic E-state index is -2.63. The van der Waals surface area contributed by atoms with Gasteiger partial charge in [-0.05, 0) is 23.8 Å². The van der Waals surface area contributed by atoms with Crippen LogP contribution in [0.3, 0.4) is 0 Å². The van der Waals surface area contributed by atoms with Gasteiger partial charge in [0.2, 0.25) is 5.91 Å². The highest BCUT2D eigenvalue weighted by atomic mass is 35.5. The maximum Gasteiger partial charge on any atom is 0.263 e. The fourth-order valence-electron chi connectivity index (χ4n) is 3.77. The van der Waals surface area contributed by atoms with E-state index in [0.29, 0.717) is 11.6 Å². The third-order valence-corrected chi connectivity index (χ3v) is 6.90. The smallest absolute Gasteiger partial charge is 0.263 e. The van der Waals surface area contributed by atoms with E-state index in [4.69, 9.17) is 34.8 Å². The molecule has 1 amide bonds. The zero-order valence-electron chi connectivity index (χ0n) is 17.5. The first-order valence-corrected chi connectivity index (χ1v) is 11.3. The van der Waals surface area contributed by atoms with Gasteiger partial charge in [0, 0.05) is 28.8 Å². The van der Waals surface area contributed by atoms with Crippen molar-refractivity contribution in [1.82, 2.24) is 4.98 Å². The van der Waals surface area contributed by atoms with Gasteiger partial charge in [-0.2, -0.15) is 0 Å². The molecule has 1 aliphatic rings. The van der Waals surface area contributed by atoms with E-state index in [9.17, 15) is 27.2 Å². The van der Waals surface area contributed by atoms with Crippen LogP contribution in [0, 0.1) is 17.6 Å². The van der Waals surface area contributed by atoms with Crippen molar-refractivity contribution in [3.63, 3.8) is 0 Å². The largest absolute Gasteiger partial charge is 0.326 e. The number of alkyl halides is 4. The zero-order valence-corrected chi connectivity index (χ0v) is 19.8. The van der Waals surface area contributed by atoms with Gasteiger partial charge < -0.3 is 5.32 Å². The van der Waals surface area contributed by atoms with Crippen molar-refractivity contribution in [2.75, 3.05) is 5.32 Å². The SMILES string of the molecule is O=C(Cc1ncc(F)cc1F)c1cc(NC(=O)C2C(c3ccc(C(F)F)cc3)C2(Cl)Cl)ccc1Cl.